The van der Waals surface area contributed by atoms with E-state index >= 15 is 0 Å². The molecule has 0 heterocycles. The van der Waals surface area contributed by atoms with Gasteiger partial charge in [0.1, 0.15) is 0 Å². The van der Waals surface area contributed by atoms with E-state index in [0.29, 0.717) is 12.3 Å². The van der Waals surface area contributed by atoms with E-state index in [1.54, 1.807) is 0 Å². The van der Waals surface area contributed by atoms with Crippen LogP contribution < -0.4 is 11.1 Å². The van der Waals surface area contributed by atoms with Crippen LogP contribution in [0.25, 0.3) is 0 Å². The van der Waals surface area contributed by atoms with Gasteiger partial charge in [0.25, 0.3) is 0 Å². The number of hydrogen-bond acceptors (Lipinski definition) is 3. The molecular formula is C10H22N2O. The number of nitrogens with two attached hydrogens (primary N) is 1. The summed E-state index contributed by atoms with van der Waals surface area (Å²) in [6.45, 7) is 4.59. The van der Waals surface area contributed by atoms with Gasteiger partial charge in [0, 0.05) is 5.92 Å². The predicted octanol–water partition coefficient (Wildman–Crippen LogP) is 0.928. The van der Waals surface area contributed by atoms with Gasteiger partial charge in [-0.05, 0) is 26.4 Å². The van der Waals surface area contributed by atoms with Gasteiger partial charge in [0.15, 0.2) is 5.78 Å². The molecule has 0 rings (SSSR count). The number of hydrogen-bond donors (Lipinski definition) is 2. The fourth-order valence-corrected chi connectivity index (χ4v) is 1.32. The van der Waals surface area contributed by atoms with Crippen LogP contribution in [0.2, 0.25) is 0 Å². The smallest absolute Gasteiger partial charge is 0.152 e. The monoisotopic (exact) mass is 186 g/mol. The average molecular weight is 186 g/mol. The van der Waals surface area contributed by atoms with E-state index in [9.17, 15) is 4.79 Å². The molecule has 13 heavy (non-hydrogen) atoms. The Morgan fingerprint density at radius 2 is 2.00 bits per heavy atom. The number of unbranched alkanes of at least 4 members (excludes halogenated alkanes) is 1. The van der Waals surface area contributed by atoms with Gasteiger partial charge in [-0.25, -0.2) is 0 Å². The minimum absolute atomic E-state index is 0.0200. The van der Waals surface area contributed by atoms with E-state index in [-0.39, 0.29) is 12.0 Å². The molecule has 1 atom stereocenters. The zero-order valence-corrected chi connectivity index (χ0v) is 8.97. The predicted molar refractivity (Wildman–Crippen MR) is 55.6 cm³/mol. The molecule has 0 unspecified atom stereocenters. The lowest BCUT2D eigenvalue weighted by Crippen LogP contribution is -2.36. The van der Waals surface area contributed by atoms with Crippen molar-refractivity contribution in [2.24, 2.45) is 11.7 Å². The van der Waals surface area contributed by atoms with Crippen LogP contribution >= 0.6 is 0 Å². The Bertz CT molecular complexity index is 146. The van der Waals surface area contributed by atoms with Gasteiger partial charge in [0.2, 0.25) is 0 Å². The summed E-state index contributed by atoms with van der Waals surface area (Å²) in [5.74, 6) is 0.426. The molecule has 0 aliphatic rings. The number of likely N-dealkylation sites (N-methyl/N-ethyl adjacent to an activating group) is 1. The standard InChI is InChI=1S/C10H22N2O/c1-8(2)10(13)9(12-3)6-4-5-7-11/h8-9,12H,4-7,11H2,1-3H3/t9-/m1/s1. The SMILES string of the molecule is CN[C@H](CCCCN)C(=O)C(C)C. The molecular weight excluding hydrogens is 164 g/mol. The molecule has 0 spiro atoms. The molecule has 0 fully saturated rings. The summed E-state index contributed by atoms with van der Waals surface area (Å²) >= 11 is 0. The Kier molecular flexibility index (Phi) is 6.82. The third-order valence-electron chi connectivity index (χ3n) is 2.21. The molecule has 78 valence electrons. The van der Waals surface area contributed by atoms with Crippen molar-refractivity contribution in [3.63, 3.8) is 0 Å². The molecule has 0 aromatic rings. The Balaban J connectivity index is 3.81. The van der Waals surface area contributed by atoms with Crippen molar-refractivity contribution >= 4 is 5.78 Å². The summed E-state index contributed by atoms with van der Waals surface area (Å²) < 4.78 is 0. The molecule has 3 heteroatoms. The minimum Gasteiger partial charge on any atom is -0.330 e. The lowest BCUT2D eigenvalue weighted by atomic mass is 9.97. The molecule has 0 aromatic heterocycles. The number of carbonyl (C=O) groups is 1. The van der Waals surface area contributed by atoms with Gasteiger partial charge in [0.05, 0.1) is 6.04 Å². The van der Waals surface area contributed by atoms with Crippen molar-refractivity contribution in [2.45, 2.75) is 39.2 Å². The van der Waals surface area contributed by atoms with Gasteiger partial charge in [-0.2, -0.15) is 0 Å². The summed E-state index contributed by atoms with van der Waals surface area (Å²) in [5.41, 5.74) is 5.39. The highest BCUT2D eigenvalue weighted by atomic mass is 16.1. The van der Waals surface area contributed by atoms with E-state index in [4.69, 9.17) is 5.73 Å². The van der Waals surface area contributed by atoms with Gasteiger partial charge in [-0.1, -0.05) is 20.3 Å². The van der Waals surface area contributed by atoms with Crippen LogP contribution in [0.1, 0.15) is 33.1 Å². The fraction of sp³-hybridized carbons (Fsp3) is 0.900. The first-order chi connectivity index (χ1) is 6.13. The third kappa shape index (κ3) is 5.01. The average Bonchev–Trinajstić information content (AvgIpc) is 2.11. The van der Waals surface area contributed by atoms with Crippen LogP contribution in [0.5, 0.6) is 0 Å². The molecule has 0 aliphatic carbocycles. The lowest BCUT2D eigenvalue weighted by Gasteiger charge is -2.16. The lowest BCUT2D eigenvalue weighted by molar-refractivity contribution is -0.124. The fourth-order valence-electron chi connectivity index (χ4n) is 1.32. The highest BCUT2D eigenvalue weighted by Gasteiger charge is 2.18. The largest absolute Gasteiger partial charge is 0.330 e. The second-order valence-electron chi connectivity index (χ2n) is 3.68. The Hall–Kier alpha value is -0.410. The van der Waals surface area contributed by atoms with E-state index < -0.39 is 0 Å². The van der Waals surface area contributed by atoms with Gasteiger partial charge >= 0.3 is 0 Å². The van der Waals surface area contributed by atoms with Crippen LogP contribution in [0.3, 0.4) is 0 Å². The Morgan fingerprint density at radius 1 is 1.38 bits per heavy atom. The molecule has 3 nitrogen and oxygen atoms in total. The minimum atomic E-state index is 0.0200. The quantitative estimate of drug-likeness (QED) is 0.581. The van der Waals surface area contributed by atoms with Crippen LogP contribution in [0, 0.1) is 5.92 Å². The molecule has 0 radical (unpaired) electrons. The molecule has 0 aliphatic heterocycles. The topological polar surface area (TPSA) is 55.1 Å². The Labute approximate surface area is 81.1 Å². The summed E-state index contributed by atoms with van der Waals surface area (Å²) in [7, 11) is 1.84. The number of nitrogens with one attached hydrogen (secondary N) is 1. The maximum Gasteiger partial charge on any atom is 0.152 e. The zero-order valence-electron chi connectivity index (χ0n) is 8.97. The van der Waals surface area contributed by atoms with Crippen molar-refractivity contribution < 1.29 is 4.79 Å². The summed E-state index contributed by atoms with van der Waals surface area (Å²) in [6, 6.07) is 0.0200. The van der Waals surface area contributed by atoms with E-state index in [2.05, 4.69) is 5.32 Å². The van der Waals surface area contributed by atoms with Crippen molar-refractivity contribution in [3.05, 3.63) is 0 Å². The van der Waals surface area contributed by atoms with Crippen molar-refractivity contribution in [3.8, 4) is 0 Å². The van der Waals surface area contributed by atoms with E-state index in [0.717, 1.165) is 19.3 Å². The third-order valence-corrected chi connectivity index (χ3v) is 2.21. The van der Waals surface area contributed by atoms with Gasteiger partial charge < -0.3 is 11.1 Å². The highest BCUT2D eigenvalue weighted by Crippen LogP contribution is 2.06. The molecule has 3 N–H and O–H groups in total. The first-order valence-electron chi connectivity index (χ1n) is 5.04. The van der Waals surface area contributed by atoms with Crippen LogP contribution in [0.4, 0.5) is 0 Å². The van der Waals surface area contributed by atoms with Crippen molar-refractivity contribution in [1.82, 2.24) is 5.32 Å². The number of rotatable bonds is 7. The molecule has 0 saturated heterocycles. The molecule has 0 saturated carbocycles. The first-order valence-corrected chi connectivity index (χ1v) is 5.04. The van der Waals surface area contributed by atoms with Crippen LogP contribution in [-0.4, -0.2) is 25.4 Å². The Morgan fingerprint density at radius 3 is 2.38 bits per heavy atom. The summed E-state index contributed by atoms with van der Waals surface area (Å²) in [4.78, 5) is 11.6. The van der Waals surface area contributed by atoms with Crippen LogP contribution in [0.15, 0.2) is 0 Å². The first kappa shape index (κ1) is 12.6. The summed E-state index contributed by atoms with van der Waals surface area (Å²) in [5, 5.41) is 3.05. The number of ketones is 1. The maximum absolute atomic E-state index is 11.6. The van der Waals surface area contributed by atoms with Crippen molar-refractivity contribution in [1.29, 1.82) is 0 Å². The van der Waals surface area contributed by atoms with E-state index in [1.807, 2.05) is 20.9 Å². The summed E-state index contributed by atoms with van der Waals surface area (Å²) in [6.07, 6.45) is 2.94. The number of Topliss-reactive ketones (excluding diaryl/α,β-unsaturated/α-hetero) is 1. The molecule has 0 amide bonds. The van der Waals surface area contributed by atoms with Crippen LogP contribution in [-0.2, 0) is 4.79 Å². The highest BCUT2D eigenvalue weighted by molar-refractivity contribution is 5.85. The zero-order chi connectivity index (χ0) is 10.3. The van der Waals surface area contributed by atoms with Crippen molar-refractivity contribution in [2.75, 3.05) is 13.6 Å². The number of carbonyl (C=O) groups excluding carboxylic acids is 1. The second kappa shape index (κ2) is 7.04. The molecule has 0 bridgehead atoms. The van der Waals surface area contributed by atoms with Gasteiger partial charge in [-0.3, -0.25) is 4.79 Å². The van der Waals surface area contributed by atoms with E-state index in [1.165, 1.54) is 0 Å². The maximum atomic E-state index is 11.6. The normalized spacial score (nSPS) is 13.3. The molecule has 0 aromatic carbocycles. The second-order valence-corrected chi connectivity index (χ2v) is 3.68. The van der Waals surface area contributed by atoms with Gasteiger partial charge in [-0.15, -0.1) is 0 Å².